The van der Waals surface area contributed by atoms with Crippen molar-refractivity contribution < 1.29 is 22.8 Å². The van der Waals surface area contributed by atoms with Gasteiger partial charge in [0.1, 0.15) is 11.4 Å². The Labute approximate surface area is 157 Å². The Kier molecular flexibility index (Phi) is 5.16. The Morgan fingerprint density at radius 2 is 1.82 bits per heavy atom. The Hall–Kier alpha value is -3.62. The zero-order valence-corrected chi connectivity index (χ0v) is 14.5. The number of alkyl halides is 3. The number of fused-ring (bicyclic) bond motifs is 1. The monoisotopic (exact) mass is 389 g/mol. The number of nitrogens with one attached hydrogen (secondary N) is 1. The standard InChI is InChI=1S/C19H14F3N3O3/c1-28-18-9-6-12(14-4-2-3-5-15(14)18)11-23-24-16-8-7-13(19(20,21)22)10-17(16)25(26)27/h2-11,24H,1H3/b23-11-. The smallest absolute Gasteiger partial charge is 0.416 e. The van der Waals surface area contributed by atoms with E-state index in [1.165, 1.54) is 6.21 Å². The summed E-state index contributed by atoms with van der Waals surface area (Å²) in [6.07, 6.45) is -3.24. The number of benzene rings is 3. The van der Waals surface area contributed by atoms with Gasteiger partial charge < -0.3 is 4.74 Å². The highest BCUT2D eigenvalue weighted by Gasteiger charge is 2.33. The average Bonchev–Trinajstić information content (AvgIpc) is 2.67. The summed E-state index contributed by atoms with van der Waals surface area (Å²) in [4.78, 5) is 10.2. The third-order valence-corrected chi connectivity index (χ3v) is 4.05. The molecule has 6 nitrogen and oxygen atoms in total. The minimum Gasteiger partial charge on any atom is -0.496 e. The zero-order valence-electron chi connectivity index (χ0n) is 14.5. The minimum atomic E-state index is -4.67. The molecule has 0 bridgehead atoms. The first kappa shape index (κ1) is 19.2. The van der Waals surface area contributed by atoms with Crippen LogP contribution in [0.5, 0.6) is 5.75 Å². The van der Waals surface area contributed by atoms with E-state index in [1.54, 1.807) is 19.2 Å². The third-order valence-electron chi connectivity index (χ3n) is 4.05. The zero-order chi connectivity index (χ0) is 20.3. The van der Waals surface area contributed by atoms with Crippen molar-refractivity contribution in [3.8, 4) is 5.75 Å². The molecule has 3 aromatic rings. The first-order valence-electron chi connectivity index (χ1n) is 8.01. The molecule has 0 aromatic heterocycles. The fourth-order valence-corrected chi connectivity index (χ4v) is 2.71. The molecule has 0 aliphatic heterocycles. The lowest BCUT2D eigenvalue weighted by Gasteiger charge is -2.09. The van der Waals surface area contributed by atoms with Crippen molar-refractivity contribution in [3.05, 3.63) is 75.8 Å². The number of hydrazone groups is 1. The van der Waals surface area contributed by atoms with Crippen molar-refractivity contribution in [1.82, 2.24) is 0 Å². The van der Waals surface area contributed by atoms with Crippen molar-refractivity contribution >= 4 is 28.4 Å². The van der Waals surface area contributed by atoms with Gasteiger partial charge >= 0.3 is 6.18 Å². The van der Waals surface area contributed by atoms with Crippen molar-refractivity contribution in [1.29, 1.82) is 0 Å². The van der Waals surface area contributed by atoms with Crippen LogP contribution >= 0.6 is 0 Å². The second-order valence-corrected chi connectivity index (χ2v) is 5.76. The maximum absolute atomic E-state index is 12.8. The molecule has 144 valence electrons. The number of anilines is 1. The fourth-order valence-electron chi connectivity index (χ4n) is 2.71. The Morgan fingerprint density at radius 3 is 2.46 bits per heavy atom. The number of ether oxygens (including phenoxy) is 1. The molecule has 0 fully saturated rings. The number of nitro groups is 1. The van der Waals surface area contributed by atoms with Crippen LogP contribution in [0.15, 0.2) is 59.7 Å². The van der Waals surface area contributed by atoms with Crippen LogP contribution in [0.3, 0.4) is 0 Å². The molecule has 0 aliphatic carbocycles. The summed E-state index contributed by atoms with van der Waals surface area (Å²) < 4.78 is 43.6. The Balaban J connectivity index is 1.92. The summed E-state index contributed by atoms with van der Waals surface area (Å²) in [6.45, 7) is 0. The van der Waals surface area contributed by atoms with E-state index < -0.39 is 22.4 Å². The second kappa shape index (κ2) is 7.55. The molecule has 1 N–H and O–H groups in total. The molecule has 3 aromatic carbocycles. The van der Waals surface area contributed by atoms with Crippen LogP contribution in [0.25, 0.3) is 10.8 Å². The van der Waals surface area contributed by atoms with E-state index in [1.807, 2.05) is 24.3 Å². The predicted octanol–water partition coefficient (Wildman–Crippen LogP) is 5.22. The highest BCUT2D eigenvalue weighted by atomic mass is 19.4. The van der Waals surface area contributed by atoms with E-state index >= 15 is 0 Å². The van der Waals surface area contributed by atoms with E-state index in [-0.39, 0.29) is 5.69 Å². The molecule has 0 heterocycles. The summed E-state index contributed by atoms with van der Waals surface area (Å²) in [5.41, 5.74) is 1.19. The van der Waals surface area contributed by atoms with Crippen LogP contribution in [-0.2, 0) is 6.18 Å². The second-order valence-electron chi connectivity index (χ2n) is 5.76. The first-order chi connectivity index (χ1) is 13.3. The molecule has 0 saturated carbocycles. The number of hydrogen-bond acceptors (Lipinski definition) is 5. The maximum Gasteiger partial charge on any atom is 0.416 e. The number of halogens is 3. The molecule has 0 amide bonds. The van der Waals surface area contributed by atoms with Gasteiger partial charge in [-0.1, -0.05) is 24.3 Å². The summed E-state index contributed by atoms with van der Waals surface area (Å²) in [5, 5.41) is 16.8. The van der Waals surface area contributed by atoms with Gasteiger partial charge in [0, 0.05) is 17.0 Å². The molecule has 28 heavy (non-hydrogen) atoms. The van der Waals surface area contributed by atoms with Crippen molar-refractivity contribution in [2.24, 2.45) is 5.10 Å². The number of nitrogens with zero attached hydrogens (tertiary/aromatic N) is 2. The summed E-state index contributed by atoms with van der Waals surface area (Å²) in [7, 11) is 1.56. The minimum absolute atomic E-state index is 0.146. The van der Waals surface area contributed by atoms with Gasteiger partial charge in [-0.25, -0.2) is 0 Å². The van der Waals surface area contributed by atoms with Gasteiger partial charge in [0.05, 0.1) is 23.8 Å². The van der Waals surface area contributed by atoms with Crippen molar-refractivity contribution in [2.45, 2.75) is 6.18 Å². The van der Waals surface area contributed by atoms with E-state index in [4.69, 9.17) is 4.74 Å². The summed E-state index contributed by atoms with van der Waals surface area (Å²) in [5.74, 6) is 0.680. The van der Waals surface area contributed by atoms with Crippen LogP contribution in [0.2, 0.25) is 0 Å². The quantitative estimate of drug-likeness (QED) is 0.369. The van der Waals surface area contributed by atoms with Crippen molar-refractivity contribution in [3.63, 3.8) is 0 Å². The predicted molar refractivity (Wildman–Crippen MR) is 99.8 cm³/mol. The molecule has 9 heteroatoms. The average molecular weight is 389 g/mol. The van der Waals surface area contributed by atoms with Crippen LogP contribution in [0.4, 0.5) is 24.5 Å². The van der Waals surface area contributed by atoms with Gasteiger partial charge in [-0.05, 0) is 29.7 Å². The van der Waals surface area contributed by atoms with Gasteiger partial charge in [0.2, 0.25) is 0 Å². The van der Waals surface area contributed by atoms with E-state index in [9.17, 15) is 23.3 Å². The van der Waals surface area contributed by atoms with E-state index in [0.717, 1.165) is 22.9 Å². The number of rotatable bonds is 5. The van der Waals surface area contributed by atoms with Gasteiger partial charge in [0.15, 0.2) is 0 Å². The normalized spacial score (nSPS) is 11.7. The molecular weight excluding hydrogens is 375 g/mol. The summed E-state index contributed by atoms with van der Waals surface area (Å²) in [6, 6.07) is 13.2. The van der Waals surface area contributed by atoms with Gasteiger partial charge in [0.25, 0.3) is 5.69 Å². The number of hydrogen-bond donors (Lipinski definition) is 1. The van der Waals surface area contributed by atoms with Crippen LogP contribution in [0, 0.1) is 10.1 Å². The number of methoxy groups -OCH3 is 1. The fraction of sp³-hybridized carbons (Fsp3) is 0.105. The molecule has 0 unspecified atom stereocenters. The van der Waals surface area contributed by atoms with Crippen molar-refractivity contribution in [2.75, 3.05) is 12.5 Å². The number of nitro benzene ring substituents is 1. The Bertz CT molecular complexity index is 1070. The molecule has 3 rings (SSSR count). The first-order valence-corrected chi connectivity index (χ1v) is 8.01. The largest absolute Gasteiger partial charge is 0.496 e. The third kappa shape index (κ3) is 3.88. The topological polar surface area (TPSA) is 76.8 Å². The molecule has 0 saturated heterocycles. The SMILES string of the molecule is COc1ccc(/C=N\Nc2ccc(C(F)(F)F)cc2[N+](=O)[O-])c2ccccc12. The highest BCUT2D eigenvalue weighted by Crippen LogP contribution is 2.35. The van der Waals surface area contributed by atoms with E-state index in [0.29, 0.717) is 17.4 Å². The molecule has 0 radical (unpaired) electrons. The summed E-state index contributed by atoms with van der Waals surface area (Å²) >= 11 is 0. The lowest BCUT2D eigenvalue weighted by molar-refractivity contribution is -0.384. The van der Waals surface area contributed by atoms with E-state index in [2.05, 4.69) is 10.5 Å². The van der Waals surface area contributed by atoms with Crippen LogP contribution in [0.1, 0.15) is 11.1 Å². The molecule has 0 atom stereocenters. The molecule has 0 spiro atoms. The highest BCUT2D eigenvalue weighted by molar-refractivity contribution is 6.02. The van der Waals surface area contributed by atoms with Gasteiger partial charge in [-0.15, -0.1) is 0 Å². The van der Waals surface area contributed by atoms with Gasteiger partial charge in [-0.2, -0.15) is 18.3 Å². The van der Waals surface area contributed by atoms with Gasteiger partial charge in [-0.3, -0.25) is 15.5 Å². The molecular formula is C19H14F3N3O3. The van der Waals surface area contributed by atoms with Crippen LogP contribution < -0.4 is 10.2 Å². The lowest BCUT2D eigenvalue weighted by Crippen LogP contribution is -2.06. The lowest BCUT2D eigenvalue weighted by atomic mass is 10.0. The maximum atomic E-state index is 12.8. The van der Waals surface area contributed by atoms with Crippen LogP contribution in [-0.4, -0.2) is 18.2 Å². The Morgan fingerprint density at radius 1 is 1.11 bits per heavy atom. The molecule has 0 aliphatic rings.